The molecule has 0 heterocycles. The number of carboxylic acid groups (broad SMARTS) is 1. The van der Waals surface area contributed by atoms with Gasteiger partial charge in [-0.15, -0.1) is 0 Å². The molecule has 5 aliphatic rings. The zero-order valence-electron chi connectivity index (χ0n) is 21.5. The molecule has 5 aliphatic carbocycles. The third-order valence-corrected chi connectivity index (χ3v) is 12.5. The number of fused-ring (bicyclic) bond motifs is 7. The number of carbonyl (C=O) groups is 2. The number of rotatable bonds is 1. The molecule has 4 saturated carbocycles. The summed E-state index contributed by atoms with van der Waals surface area (Å²) < 4.78 is 0. The maximum absolute atomic E-state index is 13.0. The monoisotopic (exact) mass is 456 g/mol. The molecule has 0 bridgehead atoms. The summed E-state index contributed by atoms with van der Waals surface area (Å²) in [6.07, 6.45) is 9.88. The highest BCUT2D eigenvalue weighted by molar-refractivity contribution is 5.89. The predicted molar refractivity (Wildman–Crippen MR) is 128 cm³/mol. The molecule has 0 spiro atoms. The van der Waals surface area contributed by atoms with Gasteiger partial charge in [-0.2, -0.15) is 0 Å². The van der Waals surface area contributed by atoms with Crippen molar-refractivity contribution in [3.05, 3.63) is 11.6 Å². The summed E-state index contributed by atoms with van der Waals surface area (Å²) in [4.78, 5) is 25.6. The van der Waals surface area contributed by atoms with Crippen LogP contribution in [0.2, 0.25) is 0 Å². The van der Waals surface area contributed by atoms with Crippen molar-refractivity contribution in [2.45, 2.75) is 105 Å². The van der Waals surface area contributed by atoms with Crippen LogP contribution >= 0.6 is 0 Å². The van der Waals surface area contributed by atoms with Crippen molar-refractivity contribution in [3.8, 4) is 0 Å². The van der Waals surface area contributed by atoms with Crippen LogP contribution in [0.1, 0.15) is 99.3 Å². The molecule has 0 aliphatic heterocycles. The summed E-state index contributed by atoms with van der Waals surface area (Å²) in [7, 11) is 0. The van der Waals surface area contributed by atoms with E-state index in [1.165, 1.54) is 5.57 Å². The van der Waals surface area contributed by atoms with E-state index in [4.69, 9.17) is 0 Å². The van der Waals surface area contributed by atoms with Crippen molar-refractivity contribution in [2.75, 3.05) is 0 Å². The molecule has 0 aromatic carbocycles. The summed E-state index contributed by atoms with van der Waals surface area (Å²) in [5, 5.41) is 21.3. The van der Waals surface area contributed by atoms with Crippen molar-refractivity contribution in [1.82, 2.24) is 0 Å². The van der Waals surface area contributed by atoms with Crippen molar-refractivity contribution >= 4 is 11.8 Å². The Morgan fingerprint density at radius 1 is 1.00 bits per heavy atom. The lowest BCUT2D eigenvalue weighted by atomic mass is 9.33. The Kier molecular flexibility index (Phi) is 4.97. The molecule has 4 heteroatoms. The Balaban J connectivity index is 1.62. The third kappa shape index (κ3) is 2.68. The molecule has 5 rings (SSSR count). The molecule has 184 valence electrons. The molecular weight excluding hydrogens is 412 g/mol. The molecule has 4 fully saturated rings. The van der Waals surface area contributed by atoms with Crippen LogP contribution in [0.25, 0.3) is 0 Å². The van der Waals surface area contributed by atoms with Crippen molar-refractivity contribution < 1.29 is 19.8 Å². The van der Waals surface area contributed by atoms with E-state index in [1.807, 2.05) is 0 Å². The Bertz CT molecular complexity index is 919. The fourth-order valence-electron chi connectivity index (χ4n) is 10.7. The molecule has 4 nitrogen and oxygen atoms in total. The fourth-order valence-corrected chi connectivity index (χ4v) is 10.7. The topological polar surface area (TPSA) is 74.6 Å². The van der Waals surface area contributed by atoms with Crippen LogP contribution in [0.3, 0.4) is 0 Å². The summed E-state index contributed by atoms with van der Waals surface area (Å²) in [6, 6.07) is 0. The number of ketones is 1. The highest BCUT2D eigenvalue weighted by Gasteiger charge is 2.70. The second-order valence-corrected chi connectivity index (χ2v) is 13.9. The molecular formula is C29H44O4. The minimum atomic E-state index is -0.869. The first-order valence-corrected chi connectivity index (χ1v) is 13.4. The van der Waals surface area contributed by atoms with Gasteiger partial charge in [0.25, 0.3) is 0 Å². The van der Waals surface area contributed by atoms with Crippen LogP contribution < -0.4 is 0 Å². The Hall–Kier alpha value is -1.16. The first-order chi connectivity index (χ1) is 15.3. The predicted octanol–water partition coefficient (Wildman–Crippen LogP) is 6.02. The lowest BCUT2D eigenvalue weighted by Gasteiger charge is -2.70. The number of hydrogen-bond donors (Lipinski definition) is 2. The minimum absolute atomic E-state index is 0.0182. The van der Waals surface area contributed by atoms with Gasteiger partial charge < -0.3 is 10.2 Å². The minimum Gasteiger partial charge on any atom is -0.481 e. The van der Waals surface area contributed by atoms with Crippen LogP contribution in [0.15, 0.2) is 11.6 Å². The first-order valence-electron chi connectivity index (χ1n) is 13.4. The van der Waals surface area contributed by atoms with Crippen LogP contribution in [0.5, 0.6) is 0 Å². The highest BCUT2D eigenvalue weighted by Crippen LogP contribution is 2.75. The summed E-state index contributed by atoms with van der Waals surface area (Å²) in [5.41, 5.74) is 0.296. The van der Waals surface area contributed by atoms with Gasteiger partial charge in [-0.05, 0) is 84.9 Å². The molecule has 0 saturated heterocycles. The number of aliphatic carboxylic acids is 1. The molecule has 2 N–H and O–H groups in total. The number of aliphatic hydroxyl groups excluding tert-OH is 1. The van der Waals surface area contributed by atoms with Crippen molar-refractivity contribution in [3.63, 3.8) is 0 Å². The SMILES string of the molecule is CC1CCCC2(C(=O)O)CC[C@]3(C)C(=CCC4C5(C)C[C@@H](O)C(=O)C(C)(C)C5CCC43C)C12. The first kappa shape index (κ1) is 23.6. The van der Waals surface area contributed by atoms with Gasteiger partial charge in [-0.25, -0.2) is 0 Å². The van der Waals surface area contributed by atoms with Gasteiger partial charge in [0, 0.05) is 5.41 Å². The van der Waals surface area contributed by atoms with Gasteiger partial charge in [0.2, 0.25) is 0 Å². The van der Waals surface area contributed by atoms with Gasteiger partial charge in [0.1, 0.15) is 6.10 Å². The van der Waals surface area contributed by atoms with E-state index in [0.29, 0.717) is 18.3 Å². The van der Waals surface area contributed by atoms with Gasteiger partial charge in [0.15, 0.2) is 5.78 Å². The molecule has 0 radical (unpaired) electrons. The third-order valence-electron chi connectivity index (χ3n) is 12.5. The van der Waals surface area contributed by atoms with Gasteiger partial charge in [0.05, 0.1) is 5.41 Å². The number of aliphatic hydroxyl groups is 1. The molecule has 7 unspecified atom stereocenters. The van der Waals surface area contributed by atoms with E-state index in [2.05, 4.69) is 47.6 Å². The number of Topliss-reactive ketones (excluding diaryl/α,β-unsaturated/α-hetero) is 1. The van der Waals surface area contributed by atoms with E-state index >= 15 is 0 Å². The van der Waals surface area contributed by atoms with E-state index in [0.717, 1.165) is 51.4 Å². The van der Waals surface area contributed by atoms with E-state index in [-0.39, 0.29) is 33.9 Å². The maximum atomic E-state index is 13.0. The number of allylic oxidation sites excluding steroid dienone is 2. The van der Waals surface area contributed by atoms with Crippen molar-refractivity contribution in [1.29, 1.82) is 0 Å². The molecule has 0 aromatic heterocycles. The van der Waals surface area contributed by atoms with Crippen LogP contribution in [0, 0.1) is 50.7 Å². The molecule has 0 aromatic rings. The zero-order valence-corrected chi connectivity index (χ0v) is 21.5. The van der Waals surface area contributed by atoms with Crippen LogP contribution in [-0.4, -0.2) is 28.1 Å². The van der Waals surface area contributed by atoms with Gasteiger partial charge >= 0.3 is 5.97 Å². The van der Waals surface area contributed by atoms with E-state index < -0.39 is 22.9 Å². The lowest BCUT2D eigenvalue weighted by molar-refractivity contribution is -0.200. The van der Waals surface area contributed by atoms with E-state index in [9.17, 15) is 19.8 Å². The second-order valence-electron chi connectivity index (χ2n) is 13.9. The smallest absolute Gasteiger partial charge is 0.310 e. The van der Waals surface area contributed by atoms with Crippen LogP contribution in [-0.2, 0) is 9.59 Å². The highest BCUT2D eigenvalue weighted by atomic mass is 16.4. The fraction of sp³-hybridized carbons (Fsp3) is 0.862. The van der Waals surface area contributed by atoms with E-state index in [1.54, 1.807) is 0 Å². The normalized spacial score (nSPS) is 53.1. The molecule has 9 atom stereocenters. The largest absolute Gasteiger partial charge is 0.481 e. The average molecular weight is 457 g/mol. The molecule has 33 heavy (non-hydrogen) atoms. The standard InChI is InChI=1S/C29H44O4/c1-17-8-7-12-29(24(32)33)15-14-27(5)18(22(17)29)9-10-21-26(4)16-19(30)23(31)25(2,3)20(26)11-13-28(21,27)6/h9,17,19-22,30H,7-8,10-16H2,1-6H3,(H,32,33)/t17?,19-,20?,21?,22?,26?,27-,28?,29?/m1/s1. The quantitative estimate of drug-likeness (QED) is 0.473. The second kappa shape index (κ2) is 6.95. The summed E-state index contributed by atoms with van der Waals surface area (Å²) >= 11 is 0. The van der Waals surface area contributed by atoms with Crippen molar-refractivity contribution in [2.24, 2.45) is 50.7 Å². The molecule has 0 amide bonds. The number of carbonyl (C=O) groups excluding carboxylic acids is 1. The average Bonchev–Trinajstić information content (AvgIpc) is 2.72. The Labute approximate surface area is 199 Å². The van der Waals surface area contributed by atoms with Gasteiger partial charge in [-0.3, -0.25) is 9.59 Å². The zero-order chi connectivity index (χ0) is 24.2. The number of carboxylic acids is 1. The summed E-state index contributed by atoms with van der Waals surface area (Å²) in [5.74, 6) is 0.664. The number of hydrogen-bond acceptors (Lipinski definition) is 3. The van der Waals surface area contributed by atoms with Crippen LogP contribution in [0.4, 0.5) is 0 Å². The Morgan fingerprint density at radius 2 is 1.70 bits per heavy atom. The van der Waals surface area contributed by atoms with Gasteiger partial charge in [-0.1, -0.05) is 66.0 Å². The maximum Gasteiger partial charge on any atom is 0.310 e. The lowest BCUT2D eigenvalue weighted by Crippen LogP contribution is -2.66. The summed E-state index contributed by atoms with van der Waals surface area (Å²) in [6.45, 7) is 13.7. The Morgan fingerprint density at radius 3 is 2.36 bits per heavy atom.